The predicted octanol–water partition coefficient (Wildman–Crippen LogP) is -0.688. The first kappa shape index (κ1) is 13.3. The molecule has 0 spiro atoms. The zero-order valence-corrected chi connectivity index (χ0v) is 9.64. The predicted molar refractivity (Wildman–Crippen MR) is 52.2 cm³/mol. The molecule has 0 heterocycles. The highest BCUT2D eigenvalue weighted by atomic mass is 79.9. The molecule has 0 aromatic carbocycles. The molecule has 0 fully saturated rings. The molecule has 0 aliphatic rings. The number of hydrogen-bond acceptors (Lipinski definition) is 4. The van der Waals surface area contributed by atoms with E-state index in [1.165, 1.54) is 0 Å². The molecule has 0 saturated heterocycles. The van der Waals surface area contributed by atoms with E-state index in [0.29, 0.717) is 0 Å². The molecular formula is C6H10Br2O5. The molecule has 0 bridgehead atoms. The molecular weight excluding hydrogens is 312 g/mol. The smallest absolute Gasteiger partial charge is 0.320 e. The second-order valence-electron chi connectivity index (χ2n) is 2.44. The molecule has 4 N–H and O–H groups in total. The summed E-state index contributed by atoms with van der Waals surface area (Å²) >= 11 is 5.56. The molecule has 4 atom stereocenters. The fraction of sp³-hybridized carbons (Fsp3) is 0.833. The van der Waals surface area contributed by atoms with Crippen LogP contribution < -0.4 is 0 Å². The summed E-state index contributed by atoms with van der Waals surface area (Å²) in [6, 6.07) is 0. The lowest BCUT2D eigenvalue weighted by Gasteiger charge is -2.23. The summed E-state index contributed by atoms with van der Waals surface area (Å²) in [7, 11) is 0. The molecule has 7 heteroatoms. The minimum absolute atomic E-state index is 0.0601. The summed E-state index contributed by atoms with van der Waals surface area (Å²) in [4.78, 5) is 9.05. The molecule has 0 unspecified atom stereocenters. The van der Waals surface area contributed by atoms with E-state index in [-0.39, 0.29) is 5.33 Å². The third-order valence-corrected chi connectivity index (χ3v) is 3.03. The Morgan fingerprint density at radius 3 is 2.00 bits per heavy atom. The van der Waals surface area contributed by atoms with Crippen LogP contribution in [0, 0.1) is 0 Å². The van der Waals surface area contributed by atoms with Crippen LogP contribution in [0.2, 0.25) is 0 Å². The largest absolute Gasteiger partial charge is 0.480 e. The summed E-state index contributed by atoms with van der Waals surface area (Å²) in [6.45, 7) is 0. The first-order valence-electron chi connectivity index (χ1n) is 3.38. The second-order valence-corrected chi connectivity index (χ2v) is 4.08. The van der Waals surface area contributed by atoms with E-state index in [1.807, 2.05) is 0 Å². The number of hydrogen-bond donors (Lipinski definition) is 4. The lowest BCUT2D eigenvalue weighted by molar-refractivity contribution is -0.141. The van der Waals surface area contributed by atoms with Crippen LogP contribution in [0.3, 0.4) is 0 Å². The Labute approximate surface area is 91.6 Å². The van der Waals surface area contributed by atoms with Crippen LogP contribution in [-0.4, -0.2) is 54.9 Å². The van der Waals surface area contributed by atoms with Gasteiger partial charge in [-0.25, -0.2) is 0 Å². The monoisotopic (exact) mass is 320 g/mol. The van der Waals surface area contributed by atoms with E-state index in [2.05, 4.69) is 31.9 Å². The van der Waals surface area contributed by atoms with Gasteiger partial charge in [-0.1, -0.05) is 31.9 Å². The lowest BCUT2D eigenvalue weighted by Crippen LogP contribution is -2.45. The van der Waals surface area contributed by atoms with Crippen molar-refractivity contribution in [3.8, 4) is 0 Å². The van der Waals surface area contributed by atoms with Crippen LogP contribution in [0.4, 0.5) is 0 Å². The van der Waals surface area contributed by atoms with Gasteiger partial charge in [0.05, 0.1) is 6.10 Å². The van der Waals surface area contributed by atoms with Crippen LogP contribution >= 0.6 is 31.9 Å². The van der Waals surface area contributed by atoms with Gasteiger partial charge in [-0.15, -0.1) is 0 Å². The minimum atomic E-state index is -1.55. The van der Waals surface area contributed by atoms with Crippen molar-refractivity contribution in [3.63, 3.8) is 0 Å². The number of aliphatic hydroxyl groups is 3. The SMILES string of the molecule is O=C(O)[C@@H](Br)[C@@H](O)[C@H](O)[C@H](O)CBr. The first-order chi connectivity index (χ1) is 5.91. The highest BCUT2D eigenvalue weighted by Gasteiger charge is 2.33. The van der Waals surface area contributed by atoms with Crippen molar-refractivity contribution < 1.29 is 25.2 Å². The van der Waals surface area contributed by atoms with Crippen molar-refractivity contribution in [2.45, 2.75) is 23.1 Å². The van der Waals surface area contributed by atoms with E-state index in [1.54, 1.807) is 0 Å². The van der Waals surface area contributed by atoms with Crippen molar-refractivity contribution in [1.82, 2.24) is 0 Å². The van der Waals surface area contributed by atoms with Gasteiger partial charge in [0.15, 0.2) is 0 Å². The molecule has 0 radical (unpaired) electrons. The number of carboxylic acids is 1. The van der Waals surface area contributed by atoms with Crippen LogP contribution in [0.5, 0.6) is 0 Å². The molecule has 0 aliphatic carbocycles. The van der Waals surface area contributed by atoms with E-state index in [0.717, 1.165) is 0 Å². The fourth-order valence-electron chi connectivity index (χ4n) is 0.638. The Morgan fingerprint density at radius 2 is 1.69 bits per heavy atom. The quantitative estimate of drug-likeness (QED) is 0.503. The Bertz CT molecular complexity index is 176. The molecule has 0 saturated carbocycles. The van der Waals surface area contributed by atoms with Crippen LogP contribution in [0.25, 0.3) is 0 Å². The zero-order valence-electron chi connectivity index (χ0n) is 6.47. The van der Waals surface area contributed by atoms with Gasteiger partial charge in [-0.3, -0.25) is 4.79 Å². The zero-order chi connectivity index (χ0) is 10.6. The van der Waals surface area contributed by atoms with Gasteiger partial charge in [0.25, 0.3) is 0 Å². The Kier molecular flexibility index (Phi) is 6.06. The maximum Gasteiger partial charge on any atom is 0.320 e. The van der Waals surface area contributed by atoms with Crippen molar-refractivity contribution in [2.75, 3.05) is 5.33 Å². The Hall–Kier alpha value is 0.310. The van der Waals surface area contributed by atoms with E-state index in [4.69, 9.17) is 10.2 Å². The summed E-state index contributed by atoms with van der Waals surface area (Å²) in [5.41, 5.74) is 0. The number of aliphatic carboxylic acids is 1. The number of aliphatic hydroxyl groups excluding tert-OH is 3. The van der Waals surface area contributed by atoms with Gasteiger partial charge in [0, 0.05) is 5.33 Å². The maximum absolute atomic E-state index is 10.3. The normalized spacial score (nSPS) is 20.4. The molecule has 78 valence electrons. The van der Waals surface area contributed by atoms with Gasteiger partial charge in [-0.2, -0.15) is 0 Å². The van der Waals surface area contributed by atoms with Crippen LogP contribution in [0.1, 0.15) is 0 Å². The van der Waals surface area contributed by atoms with Gasteiger partial charge < -0.3 is 20.4 Å². The highest BCUT2D eigenvalue weighted by Crippen LogP contribution is 2.13. The number of alkyl halides is 2. The summed E-state index contributed by atoms with van der Waals surface area (Å²) in [6.07, 6.45) is -4.25. The fourth-order valence-corrected chi connectivity index (χ4v) is 1.33. The second kappa shape index (κ2) is 5.92. The van der Waals surface area contributed by atoms with Gasteiger partial charge in [0.2, 0.25) is 0 Å². The average Bonchev–Trinajstić information content (AvgIpc) is 2.12. The molecule has 0 rings (SSSR count). The van der Waals surface area contributed by atoms with Crippen LogP contribution in [0.15, 0.2) is 0 Å². The number of carbonyl (C=O) groups is 1. The molecule has 5 nitrogen and oxygen atoms in total. The van der Waals surface area contributed by atoms with Crippen molar-refractivity contribution >= 4 is 37.8 Å². The highest BCUT2D eigenvalue weighted by molar-refractivity contribution is 9.10. The van der Waals surface area contributed by atoms with E-state index >= 15 is 0 Å². The number of halogens is 2. The Balaban J connectivity index is 4.24. The van der Waals surface area contributed by atoms with E-state index < -0.39 is 29.1 Å². The molecule has 0 amide bonds. The topological polar surface area (TPSA) is 98.0 Å². The summed E-state index contributed by atoms with van der Waals surface area (Å²) in [5.74, 6) is -1.30. The van der Waals surface area contributed by atoms with Crippen molar-refractivity contribution in [2.24, 2.45) is 0 Å². The molecule has 0 aliphatic heterocycles. The molecule has 0 aromatic heterocycles. The van der Waals surface area contributed by atoms with Gasteiger partial charge in [-0.05, 0) is 0 Å². The number of rotatable bonds is 5. The van der Waals surface area contributed by atoms with Crippen molar-refractivity contribution in [1.29, 1.82) is 0 Å². The van der Waals surface area contributed by atoms with Crippen LogP contribution in [-0.2, 0) is 4.79 Å². The first-order valence-corrected chi connectivity index (χ1v) is 5.42. The van der Waals surface area contributed by atoms with E-state index in [9.17, 15) is 15.0 Å². The van der Waals surface area contributed by atoms with Gasteiger partial charge in [0.1, 0.15) is 17.0 Å². The third kappa shape index (κ3) is 3.90. The molecule has 13 heavy (non-hydrogen) atoms. The standard InChI is InChI=1S/C6H10Br2O5/c7-1-2(9)4(10)5(11)3(8)6(12)13/h2-5,9-11H,1H2,(H,12,13)/t2-,3+,4-,5-/m1/s1. The number of carboxylic acid groups (broad SMARTS) is 1. The Morgan fingerprint density at radius 1 is 1.23 bits per heavy atom. The minimum Gasteiger partial charge on any atom is -0.480 e. The summed E-state index contributed by atoms with van der Waals surface area (Å²) in [5, 5.41) is 35.9. The summed E-state index contributed by atoms with van der Waals surface area (Å²) < 4.78 is 0. The van der Waals surface area contributed by atoms with Gasteiger partial charge >= 0.3 is 5.97 Å². The van der Waals surface area contributed by atoms with Crippen molar-refractivity contribution in [3.05, 3.63) is 0 Å². The molecule has 0 aromatic rings. The average molecular weight is 322 g/mol. The maximum atomic E-state index is 10.3. The lowest BCUT2D eigenvalue weighted by atomic mass is 10.1. The third-order valence-electron chi connectivity index (χ3n) is 1.44.